The monoisotopic (exact) mass is 284 g/mol. The molecule has 0 unspecified atom stereocenters. The highest BCUT2D eigenvalue weighted by molar-refractivity contribution is 6.33. The van der Waals surface area contributed by atoms with Gasteiger partial charge in [-0.25, -0.2) is 4.79 Å². The molecule has 3 N–H and O–H groups in total. The highest BCUT2D eigenvalue weighted by atomic mass is 35.5. The number of nitrogen functional groups attached to an aromatic ring is 1. The zero-order chi connectivity index (χ0) is 14.8. The van der Waals surface area contributed by atoms with Crippen LogP contribution in [0.1, 0.15) is 31.1 Å². The molecule has 0 aliphatic rings. The average molecular weight is 285 g/mol. The average Bonchev–Trinajstić information content (AvgIpc) is 2.32. The van der Waals surface area contributed by atoms with E-state index in [-0.39, 0.29) is 12.2 Å². The fourth-order valence-electron chi connectivity index (χ4n) is 1.74. The normalized spacial score (nSPS) is 11.2. The number of likely N-dealkylation sites (N-methyl/N-ethyl adjacent to an activating group) is 1. The minimum atomic E-state index is -1.29. The lowest BCUT2D eigenvalue weighted by atomic mass is 10.0. The van der Waals surface area contributed by atoms with E-state index in [1.165, 1.54) is 36.9 Å². The molecule has 1 amide bonds. The highest BCUT2D eigenvalue weighted by Gasteiger charge is 2.37. The summed E-state index contributed by atoms with van der Waals surface area (Å²) in [7, 11) is 0. The van der Waals surface area contributed by atoms with Crippen LogP contribution >= 0.6 is 11.6 Å². The quantitative estimate of drug-likeness (QED) is 0.831. The van der Waals surface area contributed by atoms with Crippen molar-refractivity contribution < 1.29 is 14.7 Å². The Balaban J connectivity index is 3.15. The molecule has 0 atom stereocenters. The molecule has 0 heterocycles. The Morgan fingerprint density at radius 1 is 1.42 bits per heavy atom. The number of nitrogens with zero attached hydrogens (tertiary/aromatic N) is 1. The number of halogens is 1. The fourth-order valence-corrected chi connectivity index (χ4v) is 1.86. The zero-order valence-electron chi connectivity index (χ0n) is 11.1. The van der Waals surface area contributed by atoms with Crippen molar-refractivity contribution in [3.8, 4) is 0 Å². The molecule has 104 valence electrons. The Morgan fingerprint density at radius 3 is 2.42 bits per heavy atom. The van der Waals surface area contributed by atoms with Crippen LogP contribution in [0.15, 0.2) is 18.2 Å². The van der Waals surface area contributed by atoms with Gasteiger partial charge in [-0.15, -0.1) is 0 Å². The van der Waals surface area contributed by atoms with Crippen molar-refractivity contribution in [3.05, 3.63) is 28.8 Å². The summed E-state index contributed by atoms with van der Waals surface area (Å²) in [5, 5.41) is 9.56. The Hall–Kier alpha value is -1.75. The summed E-state index contributed by atoms with van der Waals surface area (Å²) in [5.74, 6) is -1.46. The lowest BCUT2D eigenvalue weighted by Crippen LogP contribution is -2.52. The summed E-state index contributed by atoms with van der Waals surface area (Å²) >= 11 is 5.80. The number of carboxylic acid groups (broad SMARTS) is 1. The van der Waals surface area contributed by atoms with Gasteiger partial charge in [-0.2, -0.15) is 0 Å². The van der Waals surface area contributed by atoms with E-state index in [0.29, 0.717) is 10.6 Å². The highest BCUT2D eigenvalue weighted by Crippen LogP contribution is 2.23. The lowest BCUT2D eigenvalue weighted by molar-refractivity contribution is -0.147. The van der Waals surface area contributed by atoms with Crippen molar-refractivity contribution in [1.29, 1.82) is 0 Å². The van der Waals surface area contributed by atoms with Gasteiger partial charge in [-0.1, -0.05) is 11.6 Å². The molecule has 1 rings (SSSR count). The second-order valence-electron chi connectivity index (χ2n) is 4.65. The number of anilines is 1. The number of hydrogen-bond acceptors (Lipinski definition) is 3. The van der Waals surface area contributed by atoms with Crippen LogP contribution in [0.25, 0.3) is 0 Å². The number of hydrogen-bond donors (Lipinski definition) is 2. The van der Waals surface area contributed by atoms with Gasteiger partial charge in [0.2, 0.25) is 0 Å². The fraction of sp³-hybridized carbons (Fsp3) is 0.385. The predicted molar refractivity (Wildman–Crippen MR) is 74.3 cm³/mol. The molecule has 0 aliphatic heterocycles. The second-order valence-corrected chi connectivity index (χ2v) is 5.06. The van der Waals surface area contributed by atoms with Crippen molar-refractivity contribution in [3.63, 3.8) is 0 Å². The van der Waals surface area contributed by atoms with Gasteiger partial charge in [0.15, 0.2) is 0 Å². The Bertz CT molecular complexity index is 515. The molecule has 0 spiro atoms. The summed E-state index contributed by atoms with van der Waals surface area (Å²) in [6.07, 6.45) is 0. The van der Waals surface area contributed by atoms with Crippen LogP contribution in [0.2, 0.25) is 5.02 Å². The third-order valence-corrected chi connectivity index (χ3v) is 3.35. The molecule has 5 nitrogen and oxygen atoms in total. The van der Waals surface area contributed by atoms with E-state index in [1.807, 2.05) is 0 Å². The van der Waals surface area contributed by atoms with Crippen LogP contribution in [0.4, 0.5) is 5.69 Å². The van der Waals surface area contributed by atoms with Gasteiger partial charge < -0.3 is 15.7 Å². The van der Waals surface area contributed by atoms with Crippen molar-refractivity contribution in [1.82, 2.24) is 4.90 Å². The largest absolute Gasteiger partial charge is 0.480 e. The number of carbonyl (C=O) groups excluding carboxylic acids is 1. The molecule has 19 heavy (non-hydrogen) atoms. The summed E-state index contributed by atoms with van der Waals surface area (Å²) in [6.45, 7) is 4.97. The minimum Gasteiger partial charge on any atom is -0.480 e. The molecule has 0 saturated carbocycles. The molecule has 0 bridgehead atoms. The maximum Gasteiger partial charge on any atom is 0.329 e. The molecule has 0 aromatic heterocycles. The van der Waals surface area contributed by atoms with Gasteiger partial charge in [0.1, 0.15) is 5.54 Å². The molecule has 0 fully saturated rings. The first-order chi connectivity index (χ1) is 8.71. The van der Waals surface area contributed by atoms with Gasteiger partial charge in [0.25, 0.3) is 5.91 Å². The second kappa shape index (κ2) is 5.48. The molecule has 0 saturated heterocycles. The van der Waals surface area contributed by atoms with Crippen molar-refractivity contribution in [2.45, 2.75) is 26.3 Å². The van der Waals surface area contributed by atoms with E-state index in [4.69, 9.17) is 17.3 Å². The topological polar surface area (TPSA) is 83.6 Å². The van der Waals surface area contributed by atoms with E-state index < -0.39 is 17.4 Å². The molecule has 1 aromatic rings. The summed E-state index contributed by atoms with van der Waals surface area (Å²) in [5.41, 5.74) is 4.96. The Morgan fingerprint density at radius 2 is 2.00 bits per heavy atom. The SMILES string of the molecule is CCN(C(=O)c1ccc(Cl)c(N)c1)C(C)(C)C(=O)O. The molecule has 0 radical (unpaired) electrons. The number of carbonyl (C=O) groups is 2. The predicted octanol–water partition coefficient (Wildman–Crippen LogP) is 2.25. The molecular weight excluding hydrogens is 268 g/mol. The third kappa shape index (κ3) is 2.98. The van der Waals surface area contributed by atoms with Crippen LogP contribution in [-0.2, 0) is 4.79 Å². The minimum absolute atomic E-state index is 0.278. The van der Waals surface area contributed by atoms with E-state index in [0.717, 1.165) is 0 Å². The van der Waals surface area contributed by atoms with Crippen molar-refractivity contribution in [2.75, 3.05) is 12.3 Å². The van der Waals surface area contributed by atoms with E-state index in [1.54, 1.807) is 6.92 Å². The van der Waals surface area contributed by atoms with Gasteiger partial charge in [0, 0.05) is 12.1 Å². The van der Waals surface area contributed by atoms with Crippen LogP contribution < -0.4 is 5.73 Å². The molecule has 0 aliphatic carbocycles. The van der Waals surface area contributed by atoms with Crippen LogP contribution in [0, 0.1) is 0 Å². The van der Waals surface area contributed by atoms with Gasteiger partial charge in [-0.05, 0) is 39.0 Å². The maximum absolute atomic E-state index is 12.4. The zero-order valence-corrected chi connectivity index (χ0v) is 11.9. The molecule has 1 aromatic carbocycles. The summed E-state index contributed by atoms with van der Waals surface area (Å²) in [6, 6.07) is 4.50. The van der Waals surface area contributed by atoms with Crippen LogP contribution in [-0.4, -0.2) is 34.0 Å². The van der Waals surface area contributed by atoms with Gasteiger partial charge >= 0.3 is 5.97 Å². The van der Waals surface area contributed by atoms with Crippen molar-refractivity contribution >= 4 is 29.2 Å². The first-order valence-corrected chi connectivity index (χ1v) is 6.20. The first kappa shape index (κ1) is 15.3. The standard InChI is InChI=1S/C13H17ClN2O3/c1-4-16(13(2,3)12(18)19)11(17)8-5-6-9(14)10(15)7-8/h5-7H,4,15H2,1-3H3,(H,18,19). The van der Waals surface area contributed by atoms with Crippen molar-refractivity contribution in [2.24, 2.45) is 0 Å². The van der Waals surface area contributed by atoms with E-state index in [2.05, 4.69) is 0 Å². The van der Waals surface area contributed by atoms with Crippen LogP contribution in [0.5, 0.6) is 0 Å². The van der Waals surface area contributed by atoms with E-state index >= 15 is 0 Å². The number of nitrogens with two attached hydrogens (primary N) is 1. The van der Waals surface area contributed by atoms with Gasteiger partial charge in [0.05, 0.1) is 10.7 Å². The number of rotatable bonds is 4. The summed E-state index contributed by atoms with van der Waals surface area (Å²) < 4.78 is 0. The van der Waals surface area contributed by atoms with E-state index in [9.17, 15) is 14.7 Å². The van der Waals surface area contributed by atoms with Gasteiger partial charge in [-0.3, -0.25) is 4.79 Å². The lowest BCUT2D eigenvalue weighted by Gasteiger charge is -2.34. The smallest absolute Gasteiger partial charge is 0.329 e. The molecular formula is C13H17ClN2O3. The third-order valence-electron chi connectivity index (χ3n) is 3.00. The number of aliphatic carboxylic acids is 1. The number of carboxylic acids is 1. The maximum atomic E-state index is 12.4. The van der Waals surface area contributed by atoms with Crippen LogP contribution in [0.3, 0.4) is 0 Å². The summed E-state index contributed by atoms with van der Waals surface area (Å²) in [4.78, 5) is 24.9. The Kier molecular flexibility index (Phi) is 4.42. The Labute approximate surface area is 117 Å². The molecule has 6 heteroatoms. The first-order valence-electron chi connectivity index (χ1n) is 5.82. The number of benzene rings is 1. The number of amides is 1.